The summed E-state index contributed by atoms with van der Waals surface area (Å²) in [7, 11) is 3.87. The second-order valence-electron chi connectivity index (χ2n) is 7.47. The molecule has 31 heavy (non-hydrogen) atoms. The van der Waals surface area contributed by atoms with Gasteiger partial charge in [-0.15, -0.1) is 0 Å². The van der Waals surface area contributed by atoms with Crippen molar-refractivity contribution in [1.82, 2.24) is 14.8 Å². The highest BCUT2D eigenvalue weighted by molar-refractivity contribution is 6.30. The quantitative estimate of drug-likeness (QED) is 0.548. The monoisotopic (exact) mass is 442 g/mol. The number of hydrogen-bond acceptors (Lipinski definition) is 4. The fourth-order valence-corrected chi connectivity index (χ4v) is 3.34. The van der Waals surface area contributed by atoms with Crippen molar-refractivity contribution in [3.05, 3.63) is 69.5 Å². The van der Waals surface area contributed by atoms with E-state index in [1.165, 1.54) is 0 Å². The van der Waals surface area contributed by atoms with Gasteiger partial charge in [-0.2, -0.15) is 0 Å². The van der Waals surface area contributed by atoms with Crippen LogP contribution in [0, 0.1) is 0 Å². The van der Waals surface area contributed by atoms with E-state index in [-0.39, 0.29) is 18.1 Å². The number of anilines is 1. The highest BCUT2D eigenvalue weighted by Crippen LogP contribution is 2.20. The molecule has 3 aromatic rings. The lowest BCUT2D eigenvalue weighted by Gasteiger charge is -2.25. The molecular weight excluding hydrogens is 416 g/mol. The largest absolute Gasteiger partial charge is 0.494 e. The predicted molar refractivity (Wildman–Crippen MR) is 125 cm³/mol. The second-order valence-corrected chi connectivity index (χ2v) is 7.91. The SMILES string of the molecule is CCOc1ccc2[nH]c(=O)c(CN(CCN(C)C)C(=O)Nc3cccc(Cl)c3)cc2c1. The average molecular weight is 443 g/mol. The molecule has 0 aliphatic carbocycles. The van der Waals surface area contributed by atoms with Crippen molar-refractivity contribution in [2.45, 2.75) is 13.5 Å². The van der Waals surface area contributed by atoms with Crippen LogP contribution in [0.1, 0.15) is 12.5 Å². The zero-order valence-electron chi connectivity index (χ0n) is 17.9. The van der Waals surface area contributed by atoms with Crippen molar-refractivity contribution in [2.24, 2.45) is 0 Å². The minimum absolute atomic E-state index is 0.171. The van der Waals surface area contributed by atoms with Gasteiger partial charge in [0.15, 0.2) is 0 Å². The smallest absolute Gasteiger partial charge is 0.322 e. The summed E-state index contributed by atoms with van der Waals surface area (Å²) in [6.07, 6.45) is 0. The van der Waals surface area contributed by atoms with E-state index >= 15 is 0 Å². The molecule has 1 aromatic heterocycles. The van der Waals surface area contributed by atoms with Crippen LogP contribution < -0.4 is 15.6 Å². The van der Waals surface area contributed by atoms with Crippen molar-refractivity contribution >= 4 is 34.2 Å². The molecule has 3 rings (SSSR count). The van der Waals surface area contributed by atoms with Crippen LogP contribution >= 0.6 is 11.6 Å². The van der Waals surface area contributed by atoms with Crippen LogP contribution in [0.2, 0.25) is 5.02 Å². The van der Waals surface area contributed by atoms with Crippen LogP contribution in [-0.2, 0) is 6.54 Å². The van der Waals surface area contributed by atoms with E-state index in [1.54, 1.807) is 29.2 Å². The van der Waals surface area contributed by atoms with Crippen molar-refractivity contribution in [1.29, 1.82) is 0 Å². The number of aromatic nitrogens is 1. The Kier molecular flexibility index (Phi) is 7.55. The van der Waals surface area contributed by atoms with Gasteiger partial charge >= 0.3 is 6.03 Å². The van der Waals surface area contributed by atoms with Crippen molar-refractivity contribution in [3.8, 4) is 5.75 Å². The summed E-state index contributed by atoms with van der Waals surface area (Å²) in [4.78, 5) is 32.1. The molecule has 8 heteroatoms. The first-order valence-electron chi connectivity index (χ1n) is 10.1. The molecule has 2 amide bonds. The molecule has 0 bridgehead atoms. The zero-order valence-corrected chi connectivity index (χ0v) is 18.7. The van der Waals surface area contributed by atoms with Crippen LogP contribution in [0.25, 0.3) is 10.9 Å². The predicted octanol–water partition coefficient (Wildman–Crippen LogP) is 4.18. The Labute approximate surface area is 186 Å². The number of fused-ring (bicyclic) bond motifs is 1. The average Bonchev–Trinajstić information content (AvgIpc) is 2.71. The van der Waals surface area contributed by atoms with E-state index in [9.17, 15) is 9.59 Å². The van der Waals surface area contributed by atoms with E-state index in [0.29, 0.717) is 36.0 Å². The van der Waals surface area contributed by atoms with E-state index in [4.69, 9.17) is 16.3 Å². The lowest BCUT2D eigenvalue weighted by molar-refractivity contribution is 0.202. The number of halogens is 1. The summed E-state index contributed by atoms with van der Waals surface area (Å²) >= 11 is 6.02. The van der Waals surface area contributed by atoms with Gasteiger partial charge < -0.3 is 24.8 Å². The summed E-state index contributed by atoms with van der Waals surface area (Å²) < 4.78 is 5.56. The third kappa shape index (κ3) is 6.23. The molecule has 0 fully saturated rings. The maximum absolute atomic E-state index is 13.0. The molecule has 7 nitrogen and oxygen atoms in total. The Balaban J connectivity index is 1.87. The second kappa shape index (κ2) is 10.3. The highest BCUT2D eigenvalue weighted by atomic mass is 35.5. The Morgan fingerprint density at radius 1 is 1.13 bits per heavy atom. The number of urea groups is 1. The number of carbonyl (C=O) groups is 1. The van der Waals surface area contributed by atoms with Gasteiger partial charge in [0.25, 0.3) is 5.56 Å². The van der Waals surface area contributed by atoms with Crippen LogP contribution in [0.5, 0.6) is 5.75 Å². The molecule has 1 heterocycles. The summed E-state index contributed by atoms with van der Waals surface area (Å²) in [6, 6.07) is 14.0. The summed E-state index contributed by atoms with van der Waals surface area (Å²) in [5, 5.41) is 4.25. The van der Waals surface area contributed by atoms with Crippen LogP contribution in [0.3, 0.4) is 0 Å². The topological polar surface area (TPSA) is 77.7 Å². The fraction of sp³-hybridized carbons (Fsp3) is 0.304. The summed E-state index contributed by atoms with van der Waals surface area (Å²) in [6.45, 7) is 3.76. The number of benzene rings is 2. The number of rotatable bonds is 8. The first-order chi connectivity index (χ1) is 14.9. The van der Waals surface area contributed by atoms with Gasteiger partial charge in [-0.25, -0.2) is 4.79 Å². The molecule has 0 aliphatic rings. The Hall–Kier alpha value is -3.03. The number of aromatic amines is 1. The van der Waals surface area contributed by atoms with Crippen LogP contribution in [0.4, 0.5) is 10.5 Å². The standard InChI is InChI=1S/C23H27ClN4O3/c1-4-31-20-8-9-21-16(13-20)12-17(22(29)26-21)15-28(11-10-27(2)3)23(30)25-19-7-5-6-18(24)14-19/h5-9,12-14H,4,10-11,15H2,1-3H3,(H,25,30)(H,26,29). The maximum Gasteiger partial charge on any atom is 0.322 e. The normalized spacial score (nSPS) is 11.0. The van der Waals surface area contributed by atoms with Gasteiger partial charge in [0, 0.05) is 40.3 Å². The zero-order chi connectivity index (χ0) is 22.4. The highest BCUT2D eigenvalue weighted by Gasteiger charge is 2.17. The Morgan fingerprint density at radius 3 is 2.65 bits per heavy atom. The molecule has 0 atom stereocenters. The number of nitrogens with zero attached hydrogens (tertiary/aromatic N) is 2. The number of ether oxygens (including phenoxy) is 1. The Bertz CT molecular complexity index is 1110. The van der Waals surface area contributed by atoms with Crippen molar-refractivity contribution in [3.63, 3.8) is 0 Å². The van der Waals surface area contributed by atoms with Gasteiger partial charge in [0.05, 0.1) is 13.2 Å². The van der Waals surface area contributed by atoms with Crippen molar-refractivity contribution in [2.75, 3.05) is 39.1 Å². The molecule has 0 saturated heterocycles. The minimum atomic E-state index is -0.299. The van der Waals surface area contributed by atoms with Gasteiger partial charge in [-0.1, -0.05) is 17.7 Å². The van der Waals surface area contributed by atoms with Gasteiger partial charge in [-0.05, 0) is 63.5 Å². The summed E-state index contributed by atoms with van der Waals surface area (Å²) in [5.74, 6) is 0.733. The third-order valence-corrected chi connectivity index (χ3v) is 4.98. The molecule has 0 aliphatic heterocycles. The van der Waals surface area contributed by atoms with Crippen molar-refractivity contribution < 1.29 is 9.53 Å². The molecule has 0 saturated carbocycles. The number of likely N-dealkylation sites (N-methyl/N-ethyl adjacent to an activating group) is 1. The number of amides is 2. The summed E-state index contributed by atoms with van der Waals surface area (Å²) in [5.41, 5.74) is 1.60. The maximum atomic E-state index is 13.0. The number of H-pyrrole nitrogens is 1. The molecule has 2 aromatic carbocycles. The van der Waals surface area contributed by atoms with E-state index in [2.05, 4.69) is 10.3 Å². The van der Waals surface area contributed by atoms with Crippen LogP contribution in [-0.4, -0.2) is 54.6 Å². The van der Waals surface area contributed by atoms with E-state index in [0.717, 1.165) is 16.7 Å². The number of nitrogens with one attached hydrogen (secondary N) is 2. The molecule has 0 unspecified atom stereocenters. The molecule has 164 valence electrons. The molecule has 0 radical (unpaired) electrons. The van der Waals surface area contributed by atoms with Crippen LogP contribution in [0.15, 0.2) is 53.3 Å². The third-order valence-electron chi connectivity index (χ3n) is 4.75. The van der Waals surface area contributed by atoms with Gasteiger partial charge in [0.1, 0.15) is 5.75 Å². The fourth-order valence-electron chi connectivity index (χ4n) is 3.15. The lowest BCUT2D eigenvalue weighted by Crippen LogP contribution is -2.40. The number of hydrogen-bond donors (Lipinski definition) is 2. The minimum Gasteiger partial charge on any atom is -0.494 e. The van der Waals surface area contributed by atoms with E-state index in [1.807, 2.05) is 50.2 Å². The van der Waals surface area contributed by atoms with E-state index < -0.39 is 0 Å². The number of carbonyl (C=O) groups excluding carboxylic acids is 1. The molecular formula is C23H27ClN4O3. The molecule has 2 N–H and O–H groups in total. The Morgan fingerprint density at radius 2 is 1.94 bits per heavy atom. The lowest BCUT2D eigenvalue weighted by atomic mass is 10.1. The first kappa shape index (κ1) is 22.7. The van der Waals surface area contributed by atoms with Gasteiger partial charge in [-0.3, -0.25) is 4.79 Å². The number of pyridine rings is 1. The molecule has 0 spiro atoms. The van der Waals surface area contributed by atoms with Gasteiger partial charge in [0.2, 0.25) is 0 Å². The first-order valence-corrected chi connectivity index (χ1v) is 10.5.